The van der Waals surface area contributed by atoms with Crippen molar-refractivity contribution < 1.29 is 27.9 Å². The number of halogens is 2. The molecule has 2 N–H and O–H groups in total. The largest absolute Gasteiger partial charge is 0.452 e. The fourth-order valence-corrected chi connectivity index (χ4v) is 2.79. The molecule has 0 spiro atoms. The molecule has 6 nitrogen and oxygen atoms in total. The number of hydrogen-bond donors (Lipinski definition) is 2. The molecule has 1 atom stereocenters. The van der Waals surface area contributed by atoms with Crippen LogP contribution in [0.2, 0.25) is 0 Å². The van der Waals surface area contributed by atoms with Gasteiger partial charge in [-0.15, -0.1) is 11.8 Å². The molecule has 0 saturated carbocycles. The lowest BCUT2D eigenvalue weighted by molar-refractivity contribution is -0.151. The maximum absolute atomic E-state index is 13.5. The molecule has 0 fully saturated rings. The van der Waals surface area contributed by atoms with E-state index in [1.807, 2.05) is 30.3 Å². The van der Waals surface area contributed by atoms with E-state index >= 15 is 0 Å². The molecule has 2 rings (SSSR count). The molecular weight excluding hydrogens is 390 g/mol. The number of thioether (sulfide) groups is 1. The molecule has 0 heterocycles. The summed E-state index contributed by atoms with van der Waals surface area (Å²) in [4.78, 5) is 35.4. The number of carbonyl (C=O) groups is 3. The zero-order chi connectivity index (χ0) is 20.5. The first-order valence-electron chi connectivity index (χ1n) is 8.25. The quantitative estimate of drug-likeness (QED) is 0.544. The first kappa shape index (κ1) is 21.4. The third kappa shape index (κ3) is 6.99. The van der Waals surface area contributed by atoms with Crippen molar-refractivity contribution in [3.8, 4) is 0 Å². The van der Waals surface area contributed by atoms with Gasteiger partial charge in [0.2, 0.25) is 0 Å². The number of rotatable bonds is 7. The van der Waals surface area contributed by atoms with Crippen molar-refractivity contribution in [3.05, 3.63) is 65.7 Å². The monoisotopic (exact) mass is 408 g/mol. The first-order chi connectivity index (χ1) is 13.3. The Morgan fingerprint density at radius 2 is 1.82 bits per heavy atom. The van der Waals surface area contributed by atoms with Gasteiger partial charge in [0, 0.05) is 11.4 Å². The van der Waals surface area contributed by atoms with Crippen molar-refractivity contribution in [1.29, 1.82) is 0 Å². The summed E-state index contributed by atoms with van der Waals surface area (Å²) in [5.41, 5.74) is 0.853. The van der Waals surface area contributed by atoms with Crippen LogP contribution in [-0.4, -0.2) is 29.8 Å². The van der Waals surface area contributed by atoms with Crippen LogP contribution in [0.4, 0.5) is 13.6 Å². The van der Waals surface area contributed by atoms with Gasteiger partial charge in [-0.25, -0.2) is 13.6 Å². The van der Waals surface area contributed by atoms with E-state index in [1.165, 1.54) is 6.92 Å². The second-order valence-corrected chi connectivity index (χ2v) is 6.67. The molecule has 9 heteroatoms. The molecule has 28 heavy (non-hydrogen) atoms. The molecule has 0 saturated heterocycles. The van der Waals surface area contributed by atoms with E-state index in [4.69, 9.17) is 4.74 Å². The highest BCUT2D eigenvalue weighted by Gasteiger charge is 2.20. The maximum Gasteiger partial charge on any atom is 0.321 e. The molecule has 0 unspecified atom stereocenters. The van der Waals surface area contributed by atoms with Gasteiger partial charge in [-0.05, 0) is 30.7 Å². The van der Waals surface area contributed by atoms with Crippen molar-refractivity contribution in [2.24, 2.45) is 0 Å². The van der Waals surface area contributed by atoms with Crippen molar-refractivity contribution in [2.75, 3.05) is 5.75 Å². The summed E-state index contributed by atoms with van der Waals surface area (Å²) in [6.07, 6.45) is -1.23. The lowest BCUT2D eigenvalue weighted by Crippen LogP contribution is -2.44. The Hall–Kier alpha value is -2.94. The average molecular weight is 408 g/mol. The number of benzene rings is 2. The summed E-state index contributed by atoms with van der Waals surface area (Å²) in [5.74, 6) is -3.23. The number of urea groups is 1. The number of imide groups is 1. The Morgan fingerprint density at radius 1 is 1.11 bits per heavy atom. The van der Waals surface area contributed by atoms with Crippen molar-refractivity contribution in [3.63, 3.8) is 0 Å². The molecule has 0 radical (unpaired) electrons. The minimum absolute atomic E-state index is 0.0469. The lowest BCUT2D eigenvalue weighted by Gasteiger charge is -2.13. The Labute approximate surface area is 164 Å². The molecule has 148 valence electrons. The Bertz CT molecular complexity index is 849. The topological polar surface area (TPSA) is 84.5 Å². The summed E-state index contributed by atoms with van der Waals surface area (Å²) >= 11 is 0.742. The van der Waals surface area contributed by atoms with Crippen molar-refractivity contribution >= 4 is 29.7 Å². The van der Waals surface area contributed by atoms with Crippen LogP contribution < -0.4 is 10.6 Å². The third-order valence-corrected chi connectivity index (χ3v) is 4.45. The van der Waals surface area contributed by atoms with E-state index in [2.05, 4.69) is 10.6 Å². The highest BCUT2D eigenvalue weighted by Crippen LogP contribution is 2.22. The zero-order valence-corrected chi connectivity index (χ0v) is 15.7. The van der Waals surface area contributed by atoms with Crippen molar-refractivity contribution in [1.82, 2.24) is 10.6 Å². The van der Waals surface area contributed by atoms with Crippen LogP contribution >= 0.6 is 11.8 Å². The second kappa shape index (κ2) is 10.4. The van der Waals surface area contributed by atoms with Gasteiger partial charge in [-0.3, -0.25) is 14.9 Å². The van der Waals surface area contributed by atoms with Crippen LogP contribution in [0, 0.1) is 11.6 Å². The summed E-state index contributed by atoms with van der Waals surface area (Å²) in [6, 6.07) is 11.2. The molecule has 2 aromatic rings. The van der Waals surface area contributed by atoms with Crippen LogP contribution in [0.1, 0.15) is 12.5 Å². The molecule has 2 aromatic carbocycles. The Morgan fingerprint density at radius 3 is 2.54 bits per heavy atom. The normalized spacial score (nSPS) is 11.4. The summed E-state index contributed by atoms with van der Waals surface area (Å²) in [6.45, 7) is 1.52. The molecule has 0 aromatic heterocycles. The number of ether oxygens (including phenoxy) is 1. The van der Waals surface area contributed by atoms with Crippen LogP contribution in [0.3, 0.4) is 0 Å². The molecule has 0 aliphatic carbocycles. The molecular formula is C19H18F2N2O4S. The SMILES string of the molecule is C[C@H](OC(=O)CSc1cc(F)ccc1F)C(=O)NC(=O)NCc1ccccc1. The van der Waals surface area contributed by atoms with Crippen LogP contribution in [0.25, 0.3) is 0 Å². The molecule has 0 bridgehead atoms. The van der Waals surface area contributed by atoms with Gasteiger partial charge in [0.1, 0.15) is 11.6 Å². The average Bonchev–Trinajstić information content (AvgIpc) is 2.67. The summed E-state index contributed by atoms with van der Waals surface area (Å²) in [5, 5.41) is 4.57. The number of nitrogens with one attached hydrogen (secondary N) is 2. The van der Waals surface area contributed by atoms with Gasteiger partial charge >= 0.3 is 12.0 Å². The predicted molar refractivity (Wildman–Crippen MR) is 99.5 cm³/mol. The van der Waals surface area contributed by atoms with Crippen LogP contribution in [0.15, 0.2) is 53.4 Å². The molecule has 0 aliphatic rings. The third-order valence-electron chi connectivity index (χ3n) is 3.45. The fraction of sp³-hybridized carbons (Fsp3) is 0.211. The zero-order valence-electron chi connectivity index (χ0n) is 14.9. The highest BCUT2D eigenvalue weighted by atomic mass is 32.2. The van der Waals surface area contributed by atoms with Gasteiger partial charge in [0.05, 0.1) is 5.75 Å². The fourth-order valence-electron chi connectivity index (χ4n) is 2.05. The van der Waals surface area contributed by atoms with E-state index in [0.717, 1.165) is 35.5 Å². The Kier molecular flexibility index (Phi) is 7.94. The number of hydrogen-bond acceptors (Lipinski definition) is 5. The van der Waals surface area contributed by atoms with E-state index in [-0.39, 0.29) is 17.2 Å². The van der Waals surface area contributed by atoms with Crippen LogP contribution in [0.5, 0.6) is 0 Å². The second-order valence-electron chi connectivity index (χ2n) is 5.65. The van der Waals surface area contributed by atoms with Gasteiger partial charge in [0.15, 0.2) is 6.10 Å². The maximum atomic E-state index is 13.5. The summed E-state index contributed by atoms with van der Waals surface area (Å²) < 4.78 is 31.5. The summed E-state index contributed by atoms with van der Waals surface area (Å²) in [7, 11) is 0. The lowest BCUT2D eigenvalue weighted by atomic mass is 10.2. The highest BCUT2D eigenvalue weighted by molar-refractivity contribution is 8.00. The number of carbonyl (C=O) groups excluding carboxylic acids is 3. The van der Waals surface area contributed by atoms with Gasteiger partial charge < -0.3 is 10.1 Å². The molecule has 0 aliphatic heterocycles. The standard InChI is InChI=1S/C19H18F2N2O4S/c1-12(18(25)23-19(26)22-10-13-5-3-2-4-6-13)27-17(24)11-28-16-9-14(20)7-8-15(16)21/h2-9,12H,10-11H2,1H3,(H2,22,23,25,26)/t12-/m0/s1. The first-order valence-corrected chi connectivity index (χ1v) is 9.23. The van der Waals surface area contributed by atoms with Gasteiger partial charge in [-0.2, -0.15) is 0 Å². The minimum atomic E-state index is -1.23. The van der Waals surface area contributed by atoms with E-state index < -0.39 is 35.6 Å². The van der Waals surface area contributed by atoms with Crippen LogP contribution in [-0.2, 0) is 20.9 Å². The number of esters is 1. The van der Waals surface area contributed by atoms with E-state index in [9.17, 15) is 23.2 Å². The van der Waals surface area contributed by atoms with E-state index in [1.54, 1.807) is 0 Å². The van der Waals surface area contributed by atoms with E-state index in [0.29, 0.717) is 0 Å². The molecule has 3 amide bonds. The smallest absolute Gasteiger partial charge is 0.321 e. The van der Waals surface area contributed by atoms with Gasteiger partial charge in [-0.1, -0.05) is 30.3 Å². The van der Waals surface area contributed by atoms with Crippen molar-refractivity contribution in [2.45, 2.75) is 24.5 Å². The predicted octanol–water partition coefficient (Wildman–Crippen LogP) is 3.01. The van der Waals surface area contributed by atoms with Gasteiger partial charge in [0.25, 0.3) is 5.91 Å². The minimum Gasteiger partial charge on any atom is -0.452 e. The Balaban J connectivity index is 1.74. The number of amides is 3.